The molecule has 0 saturated heterocycles. The van der Waals surface area contributed by atoms with Crippen molar-refractivity contribution in [2.75, 3.05) is 5.32 Å². The molecule has 10 unspecified atom stereocenters. The number of aromatic carboxylic acids is 1. The molecule has 5 aliphatic carbocycles. The number of hydrogen-bond donors (Lipinski definition) is 4. The molecule has 0 aliphatic heterocycles. The van der Waals surface area contributed by atoms with E-state index in [1.54, 1.807) is 18.2 Å². The topological polar surface area (TPSA) is 116 Å². The first-order valence-electron chi connectivity index (χ1n) is 19.5. The van der Waals surface area contributed by atoms with E-state index in [0.717, 1.165) is 44.1 Å². The fourth-order valence-electron chi connectivity index (χ4n) is 13.3. The van der Waals surface area contributed by atoms with Gasteiger partial charge in [-0.05, 0) is 165 Å². The van der Waals surface area contributed by atoms with Gasteiger partial charge in [-0.25, -0.2) is 4.79 Å². The molecule has 2 aromatic carbocycles. The summed E-state index contributed by atoms with van der Waals surface area (Å²) in [6, 6.07) is 13.4. The van der Waals surface area contributed by atoms with Crippen molar-refractivity contribution in [3.63, 3.8) is 0 Å². The minimum absolute atomic E-state index is 0.0550. The smallest absolute Gasteiger partial charge is 0.335 e. The zero-order valence-electron chi connectivity index (χ0n) is 31.3. The van der Waals surface area contributed by atoms with E-state index in [2.05, 4.69) is 51.8 Å². The van der Waals surface area contributed by atoms with Gasteiger partial charge in [0.15, 0.2) is 0 Å². The van der Waals surface area contributed by atoms with Gasteiger partial charge in [-0.1, -0.05) is 52.0 Å². The normalized spacial score (nSPS) is 37.9. The summed E-state index contributed by atoms with van der Waals surface area (Å²) in [5.74, 6) is 1.81. The number of hydrogen-bond acceptors (Lipinski definition) is 4. The molecule has 7 heteroatoms. The molecular weight excluding hydrogens is 636 g/mol. The molecule has 7 nitrogen and oxygen atoms in total. The Bertz CT molecular complexity index is 1720. The molecule has 0 spiro atoms. The molecule has 4 N–H and O–H groups in total. The number of carboxylic acid groups (broad SMARTS) is 1. The zero-order valence-corrected chi connectivity index (χ0v) is 31.3. The van der Waals surface area contributed by atoms with Gasteiger partial charge < -0.3 is 20.8 Å². The van der Waals surface area contributed by atoms with Crippen LogP contribution in [-0.4, -0.2) is 34.1 Å². The van der Waals surface area contributed by atoms with Crippen LogP contribution < -0.4 is 10.6 Å². The summed E-state index contributed by atoms with van der Waals surface area (Å²) >= 11 is 0. The quantitative estimate of drug-likeness (QED) is 0.216. The summed E-state index contributed by atoms with van der Waals surface area (Å²) in [6.07, 6.45) is 10.5. The van der Waals surface area contributed by atoms with Crippen molar-refractivity contribution in [3.05, 3.63) is 77.4 Å². The highest BCUT2D eigenvalue weighted by molar-refractivity contribution is 6.04. The third-order valence-corrected chi connectivity index (χ3v) is 15.7. The summed E-state index contributed by atoms with van der Waals surface area (Å²) < 4.78 is 0. The van der Waals surface area contributed by atoms with E-state index < -0.39 is 11.4 Å². The lowest BCUT2D eigenvalue weighted by Crippen LogP contribution is -2.64. The second-order valence-electron chi connectivity index (χ2n) is 18.3. The zero-order chi connectivity index (χ0) is 36.5. The van der Waals surface area contributed by atoms with Gasteiger partial charge >= 0.3 is 5.97 Å². The van der Waals surface area contributed by atoms with Gasteiger partial charge in [0.05, 0.1) is 17.1 Å². The molecule has 10 atom stereocenters. The molecule has 0 bridgehead atoms. The summed E-state index contributed by atoms with van der Waals surface area (Å²) in [4.78, 5) is 38.8. The predicted molar refractivity (Wildman–Crippen MR) is 200 cm³/mol. The number of carboxylic acids is 1. The molecule has 2 aromatic rings. The third-order valence-electron chi connectivity index (χ3n) is 15.7. The summed E-state index contributed by atoms with van der Waals surface area (Å²) in [6.45, 7) is 16.8. The second-order valence-corrected chi connectivity index (χ2v) is 18.3. The fourth-order valence-corrected chi connectivity index (χ4v) is 13.3. The Hall–Kier alpha value is -3.45. The fraction of sp³-hybridized carbons (Fsp3) is 0.614. The van der Waals surface area contributed by atoms with Crippen LogP contribution in [0.5, 0.6) is 0 Å². The van der Waals surface area contributed by atoms with Crippen LogP contribution in [0, 0.1) is 57.2 Å². The highest BCUT2D eigenvalue weighted by atomic mass is 16.4. The van der Waals surface area contributed by atoms with Crippen molar-refractivity contribution in [3.8, 4) is 0 Å². The molecule has 0 radical (unpaired) electrons. The summed E-state index contributed by atoms with van der Waals surface area (Å²) in [5.41, 5.74) is 3.28. The first-order valence-corrected chi connectivity index (χ1v) is 19.5. The van der Waals surface area contributed by atoms with Crippen LogP contribution in [0.1, 0.15) is 125 Å². The number of nitrogens with one attached hydrogen (secondary N) is 2. The highest BCUT2D eigenvalue weighted by Gasteiger charge is 2.68. The maximum atomic E-state index is 14.6. The van der Waals surface area contributed by atoms with Gasteiger partial charge in [0.2, 0.25) is 5.91 Å². The van der Waals surface area contributed by atoms with Crippen molar-refractivity contribution in [2.45, 2.75) is 111 Å². The number of aliphatic hydroxyl groups excluding tert-OH is 1. The van der Waals surface area contributed by atoms with Crippen LogP contribution in [-0.2, 0) is 11.3 Å². The molecular formula is C44H58N2O5. The Morgan fingerprint density at radius 1 is 0.824 bits per heavy atom. The highest BCUT2D eigenvalue weighted by Crippen LogP contribution is 2.73. The van der Waals surface area contributed by atoms with Crippen LogP contribution in [0.4, 0.5) is 5.69 Å². The lowest BCUT2D eigenvalue weighted by Gasteiger charge is -2.69. The number of fused-ring (bicyclic) bond motifs is 7. The maximum absolute atomic E-state index is 14.6. The average Bonchev–Trinajstić information content (AvgIpc) is 3.51. The van der Waals surface area contributed by atoms with Crippen molar-refractivity contribution in [1.82, 2.24) is 5.32 Å². The van der Waals surface area contributed by atoms with Gasteiger partial charge in [-0.2, -0.15) is 0 Å². The Labute approximate surface area is 304 Å². The van der Waals surface area contributed by atoms with E-state index in [1.807, 2.05) is 18.2 Å². The van der Waals surface area contributed by atoms with E-state index >= 15 is 0 Å². The molecule has 7 rings (SSSR count). The number of rotatable bonds is 7. The third kappa shape index (κ3) is 5.77. The Kier molecular flexibility index (Phi) is 9.08. The van der Waals surface area contributed by atoms with Crippen molar-refractivity contribution in [1.29, 1.82) is 0 Å². The molecule has 5 fully saturated rings. The number of aliphatic hydroxyl groups is 1. The van der Waals surface area contributed by atoms with Crippen LogP contribution in [0.3, 0.4) is 0 Å². The summed E-state index contributed by atoms with van der Waals surface area (Å²) in [7, 11) is 0. The van der Waals surface area contributed by atoms with Crippen molar-refractivity contribution < 1.29 is 24.6 Å². The summed E-state index contributed by atoms with van der Waals surface area (Å²) in [5, 5.41) is 26.4. The molecule has 51 heavy (non-hydrogen) atoms. The van der Waals surface area contributed by atoms with Crippen LogP contribution >= 0.6 is 0 Å². The Balaban J connectivity index is 1.08. The van der Waals surface area contributed by atoms with Gasteiger partial charge in [0.25, 0.3) is 5.91 Å². The van der Waals surface area contributed by atoms with E-state index in [4.69, 9.17) is 5.11 Å². The number of benzene rings is 2. The molecule has 0 heterocycles. The maximum Gasteiger partial charge on any atom is 0.335 e. The van der Waals surface area contributed by atoms with Crippen LogP contribution in [0.25, 0.3) is 0 Å². The number of allylic oxidation sites excluding steroid dienone is 1. The molecule has 5 aliphatic rings. The molecule has 5 saturated carbocycles. The first-order chi connectivity index (χ1) is 24.1. The van der Waals surface area contributed by atoms with E-state index in [9.17, 15) is 19.5 Å². The Morgan fingerprint density at radius 3 is 2.24 bits per heavy atom. The van der Waals surface area contributed by atoms with Crippen LogP contribution in [0.15, 0.2) is 60.7 Å². The number of carbonyl (C=O) groups excluding carboxylic acids is 2. The second kappa shape index (κ2) is 12.9. The monoisotopic (exact) mass is 694 g/mol. The van der Waals surface area contributed by atoms with Gasteiger partial charge in [-0.3, -0.25) is 9.59 Å². The van der Waals surface area contributed by atoms with E-state index in [1.165, 1.54) is 43.4 Å². The standard InChI is InChI=1S/C44H58N2O5/c1-26(2)31-16-22-44(40(51)45-25-27-8-7-9-29(24-27)38(48)46-30-12-10-28(11-13-30)39(49)50)23-17-33-32(37(31)44)14-15-35-42(33,5)20-18-34-41(3,4)36(47)19-21-43(34,35)6/h7-13,24,31-37,47H,1,14-23,25H2,2-6H3,(H,45,51)(H,46,48)(H,49,50). The SMILES string of the molecule is C=C(C)C1CCC2(C(=O)NCc3cccc(C(=O)Nc4ccc(C(=O)O)cc4)c3)CCC3C(CCC4C3(C)CCC3C(C)(C)C(O)CCC34C)C12. The predicted octanol–water partition coefficient (Wildman–Crippen LogP) is 8.88. The van der Waals surface area contributed by atoms with Gasteiger partial charge in [-0.15, -0.1) is 0 Å². The lowest BCUT2D eigenvalue weighted by atomic mass is 9.36. The minimum Gasteiger partial charge on any atom is -0.478 e. The molecule has 0 aromatic heterocycles. The first kappa shape index (κ1) is 35.9. The van der Waals surface area contributed by atoms with Gasteiger partial charge in [0, 0.05) is 17.8 Å². The molecule has 2 amide bonds. The van der Waals surface area contributed by atoms with Crippen molar-refractivity contribution in [2.24, 2.45) is 57.2 Å². The van der Waals surface area contributed by atoms with Crippen LogP contribution in [0.2, 0.25) is 0 Å². The van der Waals surface area contributed by atoms with E-state index in [0.29, 0.717) is 53.3 Å². The number of carbonyl (C=O) groups is 3. The minimum atomic E-state index is -1.02. The average molecular weight is 695 g/mol. The van der Waals surface area contributed by atoms with Crippen molar-refractivity contribution >= 4 is 23.5 Å². The lowest BCUT2D eigenvalue weighted by molar-refractivity contribution is -0.216. The molecule has 274 valence electrons. The number of anilines is 1. The van der Waals surface area contributed by atoms with E-state index in [-0.39, 0.29) is 39.7 Å². The van der Waals surface area contributed by atoms with Gasteiger partial charge in [0.1, 0.15) is 0 Å². The largest absolute Gasteiger partial charge is 0.478 e. The Morgan fingerprint density at radius 2 is 1.53 bits per heavy atom. The number of amides is 2.